The lowest BCUT2D eigenvalue weighted by molar-refractivity contribution is -0.0123. The van der Waals surface area contributed by atoms with E-state index in [2.05, 4.69) is 0 Å². The monoisotopic (exact) mass is 242 g/mol. The van der Waals surface area contributed by atoms with E-state index in [1.54, 1.807) is 0 Å². The van der Waals surface area contributed by atoms with E-state index in [-0.39, 0.29) is 12.2 Å². The van der Waals surface area contributed by atoms with Crippen LogP contribution in [0.15, 0.2) is 18.2 Å². The number of hydrogen-bond acceptors (Lipinski definition) is 2. The molecule has 2 nitrogen and oxygen atoms in total. The number of rotatable bonds is 5. The van der Waals surface area contributed by atoms with Gasteiger partial charge in [0.05, 0.1) is 11.2 Å². The normalized spacial score (nSPS) is 11.6. The first-order valence-electron chi connectivity index (χ1n) is 5.48. The minimum absolute atomic E-state index is 0.249. The Hall–Kier alpha value is -1.29. The second-order valence-corrected chi connectivity index (χ2v) is 4.45. The first-order valence-corrected chi connectivity index (χ1v) is 5.48. The van der Waals surface area contributed by atoms with Gasteiger partial charge in [-0.25, -0.2) is 8.78 Å². The average Bonchev–Trinajstić information content (AvgIpc) is 2.29. The molecule has 1 aromatic carbocycles. The van der Waals surface area contributed by atoms with E-state index in [1.807, 2.05) is 20.8 Å². The Morgan fingerprint density at radius 1 is 1.35 bits per heavy atom. The van der Waals surface area contributed by atoms with Crippen LogP contribution >= 0.6 is 0 Å². The molecule has 0 unspecified atom stereocenters. The van der Waals surface area contributed by atoms with E-state index in [1.165, 1.54) is 0 Å². The smallest absolute Gasteiger partial charge is 0.191 e. The van der Waals surface area contributed by atoms with Gasteiger partial charge in [0.15, 0.2) is 5.78 Å². The maximum Gasteiger partial charge on any atom is 0.191 e. The third-order valence-electron chi connectivity index (χ3n) is 2.67. The summed E-state index contributed by atoms with van der Waals surface area (Å²) in [5.41, 5.74) is -0.712. The van der Waals surface area contributed by atoms with Crippen molar-refractivity contribution in [3.8, 4) is 0 Å². The third-order valence-corrected chi connectivity index (χ3v) is 2.67. The fourth-order valence-electron chi connectivity index (χ4n) is 1.15. The summed E-state index contributed by atoms with van der Waals surface area (Å²) in [5, 5.41) is 0. The highest BCUT2D eigenvalue weighted by molar-refractivity contribution is 5.97. The Kier molecular flexibility index (Phi) is 4.34. The lowest BCUT2D eigenvalue weighted by atomic mass is 10.1. The molecule has 0 N–H and O–H groups in total. The molecule has 0 spiro atoms. The van der Waals surface area contributed by atoms with E-state index in [4.69, 9.17) is 4.74 Å². The number of Topliss-reactive ketones (excluding diaryl/α,β-unsaturated/α-hetero) is 1. The van der Waals surface area contributed by atoms with Gasteiger partial charge in [-0.15, -0.1) is 0 Å². The molecule has 0 heterocycles. The van der Waals surface area contributed by atoms with Crippen LogP contribution in [0.3, 0.4) is 0 Å². The van der Waals surface area contributed by atoms with E-state index in [0.29, 0.717) is 0 Å². The van der Waals surface area contributed by atoms with Crippen molar-refractivity contribution in [1.82, 2.24) is 0 Å². The Balaban J connectivity index is 2.74. The van der Waals surface area contributed by atoms with Crippen molar-refractivity contribution in [3.05, 3.63) is 35.4 Å². The van der Waals surface area contributed by atoms with Crippen molar-refractivity contribution in [2.75, 3.05) is 6.61 Å². The first-order chi connectivity index (χ1) is 7.85. The second kappa shape index (κ2) is 5.36. The molecule has 0 saturated heterocycles. The van der Waals surface area contributed by atoms with E-state index in [0.717, 1.165) is 24.6 Å². The van der Waals surface area contributed by atoms with Gasteiger partial charge in [0.1, 0.15) is 18.2 Å². The summed E-state index contributed by atoms with van der Waals surface area (Å²) in [7, 11) is 0. The molecular formula is C13H16F2O2. The van der Waals surface area contributed by atoms with Crippen LogP contribution in [0.1, 0.15) is 37.6 Å². The van der Waals surface area contributed by atoms with Crippen LogP contribution in [-0.4, -0.2) is 18.0 Å². The standard InChI is InChI=1S/C13H16F2O2/c1-4-13(2,3)17-8-12(16)10-7-9(14)5-6-11(10)15/h5-7H,4,8H2,1-3H3. The molecule has 1 rings (SSSR count). The van der Waals surface area contributed by atoms with Crippen LogP contribution in [0.25, 0.3) is 0 Å². The average molecular weight is 242 g/mol. The first kappa shape index (κ1) is 13.8. The van der Waals surface area contributed by atoms with Crippen molar-refractivity contribution in [3.63, 3.8) is 0 Å². The molecule has 0 aliphatic heterocycles. The molecular weight excluding hydrogens is 226 g/mol. The Morgan fingerprint density at radius 2 is 2.00 bits per heavy atom. The van der Waals surface area contributed by atoms with Gasteiger partial charge in [0.25, 0.3) is 0 Å². The minimum Gasteiger partial charge on any atom is -0.367 e. The van der Waals surface area contributed by atoms with E-state index in [9.17, 15) is 13.6 Å². The summed E-state index contributed by atoms with van der Waals surface area (Å²) in [6.07, 6.45) is 0.728. The van der Waals surface area contributed by atoms with Gasteiger partial charge in [-0.2, -0.15) is 0 Å². The van der Waals surface area contributed by atoms with Gasteiger partial charge in [-0.1, -0.05) is 6.92 Å². The largest absolute Gasteiger partial charge is 0.367 e. The maximum absolute atomic E-state index is 13.3. The number of hydrogen-bond donors (Lipinski definition) is 0. The predicted octanol–water partition coefficient (Wildman–Crippen LogP) is 3.35. The second-order valence-electron chi connectivity index (χ2n) is 4.45. The van der Waals surface area contributed by atoms with Crippen LogP contribution in [-0.2, 0) is 4.74 Å². The van der Waals surface area contributed by atoms with E-state index < -0.39 is 23.0 Å². The zero-order valence-corrected chi connectivity index (χ0v) is 10.2. The molecule has 0 fully saturated rings. The predicted molar refractivity (Wildman–Crippen MR) is 61.0 cm³/mol. The number of carbonyl (C=O) groups excluding carboxylic acids is 1. The van der Waals surface area contributed by atoms with Gasteiger partial charge in [-0.05, 0) is 38.5 Å². The number of halogens is 2. The fourth-order valence-corrected chi connectivity index (χ4v) is 1.15. The quantitative estimate of drug-likeness (QED) is 0.740. The number of ether oxygens (including phenoxy) is 1. The minimum atomic E-state index is -0.727. The Labute approximate surface area is 99.6 Å². The number of benzene rings is 1. The molecule has 0 amide bonds. The zero-order valence-electron chi connectivity index (χ0n) is 10.2. The number of carbonyl (C=O) groups is 1. The van der Waals surface area contributed by atoms with Crippen molar-refractivity contribution >= 4 is 5.78 Å². The highest BCUT2D eigenvalue weighted by Crippen LogP contribution is 2.16. The molecule has 0 atom stereocenters. The molecule has 4 heteroatoms. The molecule has 1 aromatic rings. The van der Waals surface area contributed by atoms with Gasteiger partial charge in [-0.3, -0.25) is 4.79 Å². The summed E-state index contributed by atoms with van der Waals surface area (Å²) in [4.78, 5) is 11.6. The summed E-state index contributed by atoms with van der Waals surface area (Å²) < 4.78 is 31.5. The molecule has 0 aromatic heterocycles. The molecule has 0 radical (unpaired) electrons. The van der Waals surface area contributed by atoms with Crippen molar-refractivity contribution in [2.24, 2.45) is 0 Å². The maximum atomic E-state index is 13.3. The molecule has 0 bridgehead atoms. The van der Waals surface area contributed by atoms with Crippen LogP contribution < -0.4 is 0 Å². The molecule has 94 valence electrons. The molecule has 17 heavy (non-hydrogen) atoms. The lowest BCUT2D eigenvalue weighted by Crippen LogP contribution is -2.27. The Morgan fingerprint density at radius 3 is 2.59 bits per heavy atom. The molecule has 0 aliphatic carbocycles. The summed E-state index contributed by atoms with van der Waals surface area (Å²) in [6, 6.07) is 2.80. The van der Waals surface area contributed by atoms with Gasteiger partial charge in [0.2, 0.25) is 0 Å². The SMILES string of the molecule is CCC(C)(C)OCC(=O)c1cc(F)ccc1F. The molecule has 0 aliphatic rings. The lowest BCUT2D eigenvalue weighted by Gasteiger charge is -2.22. The summed E-state index contributed by atoms with van der Waals surface area (Å²) in [5.74, 6) is -1.91. The fraction of sp³-hybridized carbons (Fsp3) is 0.462. The van der Waals surface area contributed by atoms with Gasteiger partial charge >= 0.3 is 0 Å². The van der Waals surface area contributed by atoms with Crippen LogP contribution in [0.5, 0.6) is 0 Å². The van der Waals surface area contributed by atoms with Crippen molar-refractivity contribution in [2.45, 2.75) is 32.8 Å². The van der Waals surface area contributed by atoms with Crippen LogP contribution in [0.2, 0.25) is 0 Å². The number of ketones is 1. The highest BCUT2D eigenvalue weighted by Gasteiger charge is 2.19. The van der Waals surface area contributed by atoms with Gasteiger partial charge in [0, 0.05) is 0 Å². The van der Waals surface area contributed by atoms with Crippen molar-refractivity contribution in [1.29, 1.82) is 0 Å². The Bertz CT molecular complexity index is 414. The van der Waals surface area contributed by atoms with Crippen molar-refractivity contribution < 1.29 is 18.3 Å². The third kappa shape index (κ3) is 3.89. The topological polar surface area (TPSA) is 26.3 Å². The molecule has 0 saturated carbocycles. The van der Waals surface area contributed by atoms with Gasteiger partial charge < -0.3 is 4.74 Å². The summed E-state index contributed by atoms with van der Waals surface area (Å²) in [6.45, 7) is 5.35. The zero-order chi connectivity index (χ0) is 13.1. The highest BCUT2D eigenvalue weighted by atomic mass is 19.1. The summed E-state index contributed by atoms with van der Waals surface area (Å²) >= 11 is 0. The van der Waals surface area contributed by atoms with Crippen LogP contribution in [0, 0.1) is 11.6 Å². The van der Waals surface area contributed by atoms with Crippen LogP contribution in [0.4, 0.5) is 8.78 Å². The van der Waals surface area contributed by atoms with E-state index >= 15 is 0 Å².